The van der Waals surface area contributed by atoms with Crippen LogP contribution in [0.3, 0.4) is 0 Å². The predicted molar refractivity (Wildman–Crippen MR) is 79.7 cm³/mol. The third-order valence-electron chi connectivity index (χ3n) is 4.84. The lowest BCUT2D eigenvalue weighted by molar-refractivity contribution is -0.133. The third kappa shape index (κ3) is 3.34. The van der Waals surface area contributed by atoms with E-state index in [4.69, 9.17) is 4.43 Å². The number of carbonyl (C=O) groups is 2. The van der Waals surface area contributed by atoms with Crippen LogP contribution in [0.15, 0.2) is 0 Å². The summed E-state index contributed by atoms with van der Waals surface area (Å²) in [6, 6.07) is 0. The molecule has 0 unspecified atom stereocenters. The van der Waals surface area contributed by atoms with Crippen molar-refractivity contribution in [2.24, 2.45) is 5.41 Å². The quantitative estimate of drug-likeness (QED) is 0.739. The molecule has 0 heterocycles. The first-order valence-electron chi connectivity index (χ1n) is 7.11. The fourth-order valence-corrected chi connectivity index (χ4v) is 3.94. The van der Waals surface area contributed by atoms with Gasteiger partial charge in [-0.05, 0) is 38.4 Å². The van der Waals surface area contributed by atoms with Crippen LogP contribution in [-0.4, -0.2) is 26.0 Å². The zero-order valence-electron chi connectivity index (χ0n) is 13.4. The molecule has 110 valence electrons. The van der Waals surface area contributed by atoms with E-state index >= 15 is 0 Å². The summed E-state index contributed by atoms with van der Waals surface area (Å²) in [5, 5.41) is 0.121. The van der Waals surface area contributed by atoms with Crippen molar-refractivity contribution in [1.82, 2.24) is 0 Å². The van der Waals surface area contributed by atoms with Crippen LogP contribution in [0, 0.1) is 5.41 Å². The molecule has 0 amide bonds. The first-order valence-corrected chi connectivity index (χ1v) is 10.0. The maximum atomic E-state index is 12.2. The van der Waals surface area contributed by atoms with Crippen LogP contribution in [-0.2, 0) is 14.0 Å². The van der Waals surface area contributed by atoms with Crippen LogP contribution in [0.4, 0.5) is 0 Å². The number of carbonyl (C=O) groups excluding carboxylic acids is 2. The smallest absolute Gasteiger partial charge is 0.192 e. The van der Waals surface area contributed by atoms with E-state index in [1.807, 2.05) is 6.92 Å². The largest absolute Gasteiger partial charge is 0.413 e. The summed E-state index contributed by atoms with van der Waals surface area (Å²) in [5.74, 6) is 0.257. The standard InChI is InChI=1S/C15H28O3Si/c1-11(16)10-15(5)12(17)8-9-13(15)18-19(6,7)14(2,3)4/h13H,8-10H2,1-7H3/t13-,15+/m0/s1. The van der Waals surface area contributed by atoms with Crippen molar-refractivity contribution in [3.63, 3.8) is 0 Å². The molecule has 0 aromatic carbocycles. The number of hydrogen-bond donors (Lipinski definition) is 0. The van der Waals surface area contributed by atoms with Crippen molar-refractivity contribution in [3.8, 4) is 0 Å². The molecule has 1 rings (SSSR count). The first kappa shape index (κ1) is 16.6. The Hall–Kier alpha value is -0.483. The molecule has 0 spiro atoms. The minimum Gasteiger partial charge on any atom is -0.413 e. The maximum absolute atomic E-state index is 12.2. The van der Waals surface area contributed by atoms with Crippen molar-refractivity contribution in [2.75, 3.05) is 0 Å². The second-order valence-electron chi connectivity index (χ2n) is 7.62. The topological polar surface area (TPSA) is 43.4 Å². The van der Waals surface area contributed by atoms with Gasteiger partial charge in [0.1, 0.15) is 11.6 Å². The average molecular weight is 284 g/mol. The summed E-state index contributed by atoms with van der Waals surface area (Å²) in [7, 11) is -1.90. The Morgan fingerprint density at radius 1 is 1.42 bits per heavy atom. The van der Waals surface area contributed by atoms with E-state index < -0.39 is 13.7 Å². The fraction of sp³-hybridized carbons (Fsp3) is 0.867. The van der Waals surface area contributed by atoms with Gasteiger partial charge < -0.3 is 4.43 Å². The highest BCUT2D eigenvalue weighted by atomic mass is 28.4. The highest BCUT2D eigenvalue weighted by molar-refractivity contribution is 6.74. The van der Waals surface area contributed by atoms with Gasteiger partial charge in [0.2, 0.25) is 0 Å². The Morgan fingerprint density at radius 2 is 1.95 bits per heavy atom. The van der Waals surface area contributed by atoms with Gasteiger partial charge in [0.25, 0.3) is 0 Å². The second-order valence-corrected chi connectivity index (χ2v) is 12.4. The lowest BCUT2D eigenvalue weighted by atomic mass is 9.81. The third-order valence-corrected chi connectivity index (χ3v) is 9.33. The Bertz CT molecular complexity index is 381. The van der Waals surface area contributed by atoms with Crippen LogP contribution in [0.2, 0.25) is 18.1 Å². The molecule has 19 heavy (non-hydrogen) atoms. The van der Waals surface area contributed by atoms with E-state index in [-0.39, 0.29) is 22.7 Å². The molecule has 0 aromatic rings. The molecule has 1 aliphatic carbocycles. The van der Waals surface area contributed by atoms with Gasteiger partial charge in [-0.2, -0.15) is 0 Å². The highest BCUT2D eigenvalue weighted by Crippen LogP contribution is 2.45. The van der Waals surface area contributed by atoms with Crippen molar-refractivity contribution in [1.29, 1.82) is 0 Å². The van der Waals surface area contributed by atoms with E-state index in [2.05, 4.69) is 33.9 Å². The monoisotopic (exact) mass is 284 g/mol. The van der Waals surface area contributed by atoms with E-state index in [1.165, 1.54) is 0 Å². The lowest BCUT2D eigenvalue weighted by Gasteiger charge is -2.42. The number of rotatable bonds is 4. The molecule has 0 radical (unpaired) electrons. The van der Waals surface area contributed by atoms with Crippen molar-refractivity contribution in [2.45, 2.75) is 78.1 Å². The van der Waals surface area contributed by atoms with E-state index in [0.29, 0.717) is 12.8 Å². The van der Waals surface area contributed by atoms with Gasteiger partial charge in [0, 0.05) is 12.8 Å². The summed E-state index contributed by atoms with van der Waals surface area (Å²) in [6.45, 7) is 14.4. The average Bonchev–Trinajstić information content (AvgIpc) is 2.43. The van der Waals surface area contributed by atoms with Gasteiger partial charge in [-0.25, -0.2) is 0 Å². The maximum Gasteiger partial charge on any atom is 0.192 e. The molecule has 4 heteroatoms. The minimum absolute atomic E-state index is 0.0709. The van der Waals surface area contributed by atoms with Crippen molar-refractivity contribution >= 4 is 19.9 Å². The molecule has 0 N–H and O–H groups in total. The molecular formula is C15H28O3Si. The van der Waals surface area contributed by atoms with Gasteiger partial charge >= 0.3 is 0 Å². The summed E-state index contributed by atoms with van der Waals surface area (Å²) in [4.78, 5) is 23.6. The molecule has 0 saturated heterocycles. The van der Waals surface area contributed by atoms with Crippen LogP contribution in [0.25, 0.3) is 0 Å². The number of hydrogen-bond acceptors (Lipinski definition) is 3. The van der Waals surface area contributed by atoms with Crippen LogP contribution in [0.5, 0.6) is 0 Å². The summed E-state index contributed by atoms with van der Waals surface area (Å²) >= 11 is 0. The second kappa shape index (κ2) is 5.13. The highest BCUT2D eigenvalue weighted by Gasteiger charge is 2.51. The molecule has 1 aliphatic rings. The lowest BCUT2D eigenvalue weighted by Crippen LogP contribution is -2.48. The normalized spacial score (nSPS) is 28.8. The molecule has 3 nitrogen and oxygen atoms in total. The van der Waals surface area contributed by atoms with Gasteiger partial charge in [-0.15, -0.1) is 0 Å². The molecule has 1 saturated carbocycles. The van der Waals surface area contributed by atoms with Gasteiger partial charge in [-0.3, -0.25) is 9.59 Å². The molecule has 0 aromatic heterocycles. The van der Waals surface area contributed by atoms with Crippen LogP contribution < -0.4 is 0 Å². The molecule has 1 fully saturated rings. The zero-order valence-corrected chi connectivity index (χ0v) is 14.4. The van der Waals surface area contributed by atoms with Gasteiger partial charge in [0.05, 0.1) is 11.5 Å². The number of Topliss-reactive ketones (excluding diaryl/α,β-unsaturated/α-hetero) is 2. The van der Waals surface area contributed by atoms with Crippen molar-refractivity contribution in [3.05, 3.63) is 0 Å². The van der Waals surface area contributed by atoms with E-state index in [1.54, 1.807) is 6.92 Å². The fourth-order valence-electron chi connectivity index (χ4n) is 2.50. The van der Waals surface area contributed by atoms with Crippen LogP contribution >= 0.6 is 0 Å². The molecular weight excluding hydrogens is 256 g/mol. The Balaban J connectivity index is 2.94. The predicted octanol–water partition coefficient (Wildman–Crippen LogP) is 3.73. The van der Waals surface area contributed by atoms with Crippen LogP contribution in [0.1, 0.15) is 53.9 Å². The van der Waals surface area contributed by atoms with E-state index in [0.717, 1.165) is 6.42 Å². The Labute approximate surface area is 118 Å². The van der Waals surface area contributed by atoms with Gasteiger partial charge in [-0.1, -0.05) is 20.8 Å². The zero-order chi connectivity index (χ0) is 15.1. The Morgan fingerprint density at radius 3 is 2.37 bits per heavy atom. The van der Waals surface area contributed by atoms with Gasteiger partial charge in [0.15, 0.2) is 8.32 Å². The SMILES string of the molecule is CC(=O)C[C@]1(C)C(=O)CC[C@@H]1O[Si](C)(C)C(C)(C)C. The first-order chi connectivity index (χ1) is 8.40. The summed E-state index contributed by atoms with van der Waals surface area (Å²) in [5.41, 5.74) is -0.610. The minimum atomic E-state index is -1.90. The molecule has 0 aliphatic heterocycles. The Kier molecular flexibility index (Phi) is 4.48. The molecule has 0 bridgehead atoms. The summed E-state index contributed by atoms with van der Waals surface area (Å²) in [6.07, 6.45) is 1.52. The number of ketones is 2. The van der Waals surface area contributed by atoms with Crippen molar-refractivity contribution < 1.29 is 14.0 Å². The molecule has 2 atom stereocenters. The summed E-state index contributed by atoms with van der Waals surface area (Å²) < 4.78 is 6.42. The van der Waals surface area contributed by atoms with E-state index in [9.17, 15) is 9.59 Å².